The Bertz CT molecular complexity index is 553. The molecule has 0 radical (unpaired) electrons. The zero-order valence-corrected chi connectivity index (χ0v) is 15.0. The predicted octanol–water partition coefficient (Wildman–Crippen LogP) is 3.54. The molecule has 0 aliphatic carbocycles. The topological polar surface area (TPSA) is 42.7 Å². The minimum atomic E-state index is 0.346. The lowest BCUT2D eigenvalue weighted by molar-refractivity contribution is 0.484. The van der Waals surface area contributed by atoms with Crippen LogP contribution in [0.15, 0.2) is 40.0 Å². The maximum atomic E-state index is 4.39. The molecular formula is C15H21BrN4S. The molecule has 2 aromatic rings. The van der Waals surface area contributed by atoms with Crippen LogP contribution in [-0.2, 0) is 6.42 Å². The molecule has 21 heavy (non-hydrogen) atoms. The normalized spacial score (nSPS) is 12.8. The molecule has 2 rings (SSSR count). The molecule has 1 unspecified atom stereocenters. The van der Waals surface area contributed by atoms with Gasteiger partial charge in [0, 0.05) is 33.6 Å². The Kier molecular flexibility index (Phi) is 6.26. The van der Waals surface area contributed by atoms with Gasteiger partial charge < -0.3 is 5.32 Å². The van der Waals surface area contributed by atoms with Crippen molar-refractivity contribution >= 4 is 27.7 Å². The molecule has 1 aromatic heterocycles. The van der Waals surface area contributed by atoms with Crippen LogP contribution < -0.4 is 5.32 Å². The fraction of sp³-hybridized carbons (Fsp3) is 0.467. The van der Waals surface area contributed by atoms with Gasteiger partial charge in [0.15, 0.2) is 0 Å². The van der Waals surface area contributed by atoms with Crippen LogP contribution in [0.3, 0.4) is 0 Å². The van der Waals surface area contributed by atoms with Crippen LogP contribution in [0.4, 0.5) is 0 Å². The summed E-state index contributed by atoms with van der Waals surface area (Å²) in [6.07, 6.45) is 2.53. The summed E-state index contributed by atoms with van der Waals surface area (Å²) in [5.41, 5.74) is 0. The minimum absolute atomic E-state index is 0.346. The van der Waals surface area contributed by atoms with Crippen LogP contribution in [0.25, 0.3) is 0 Å². The summed E-state index contributed by atoms with van der Waals surface area (Å²) in [5.74, 6) is 2.05. The highest BCUT2D eigenvalue weighted by Crippen LogP contribution is 2.22. The summed E-state index contributed by atoms with van der Waals surface area (Å²) in [4.78, 5) is 5.67. The third-order valence-electron chi connectivity index (χ3n) is 3.24. The molecule has 0 spiro atoms. The number of thioether (sulfide) groups is 1. The molecule has 0 saturated carbocycles. The Balaban J connectivity index is 1.94. The van der Waals surface area contributed by atoms with Crippen LogP contribution in [0.5, 0.6) is 0 Å². The van der Waals surface area contributed by atoms with Crippen LogP contribution in [0, 0.1) is 0 Å². The second-order valence-corrected chi connectivity index (χ2v) is 7.18. The van der Waals surface area contributed by atoms with Crippen molar-refractivity contribution in [2.45, 2.75) is 37.2 Å². The second kappa shape index (κ2) is 7.96. The predicted molar refractivity (Wildman–Crippen MR) is 91.8 cm³/mol. The van der Waals surface area contributed by atoms with Gasteiger partial charge in [-0.1, -0.05) is 15.9 Å². The van der Waals surface area contributed by atoms with Gasteiger partial charge in [-0.25, -0.2) is 9.67 Å². The summed E-state index contributed by atoms with van der Waals surface area (Å²) in [6.45, 7) is 4.26. The molecule has 0 amide bonds. The van der Waals surface area contributed by atoms with Gasteiger partial charge >= 0.3 is 0 Å². The van der Waals surface area contributed by atoms with Crippen molar-refractivity contribution in [2.24, 2.45) is 0 Å². The van der Waals surface area contributed by atoms with Gasteiger partial charge in [-0.15, -0.1) is 11.8 Å². The number of benzene rings is 1. The van der Waals surface area contributed by atoms with Gasteiger partial charge in [0.25, 0.3) is 0 Å². The second-order valence-electron chi connectivity index (χ2n) is 5.17. The quantitative estimate of drug-likeness (QED) is 0.758. The van der Waals surface area contributed by atoms with E-state index in [1.165, 1.54) is 4.90 Å². The summed E-state index contributed by atoms with van der Waals surface area (Å²) in [6, 6.07) is 9.15. The van der Waals surface area contributed by atoms with Crippen molar-refractivity contribution in [3.63, 3.8) is 0 Å². The Morgan fingerprint density at radius 1 is 1.29 bits per heavy atom. The first-order chi connectivity index (χ1) is 10.1. The van der Waals surface area contributed by atoms with Crippen LogP contribution in [0.1, 0.15) is 25.7 Å². The van der Waals surface area contributed by atoms with Gasteiger partial charge in [0.2, 0.25) is 0 Å². The van der Waals surface area contributed by atoms with Crippen molar-refractivity contribution < 1.29 is 0 Å². The smallest absolute Gasteiger partial charge is 0.138 e. The largest absolute Gasteiger partial charge is 0.316 e. The summed E-state index contributed by atoms with van der Waals surface area (Å²) < 4.78 is 3.11. The molecule has 0 bridgehead atoms. The number of nitrogens with zero attached hydrogens (tertiary/aromatic N) is 3. The molecule has 0 aliphatic rings. The molecular weight excluding hydrogens is 348 g/mol. The first kappa shape index (κ1) is 16.5. The molecule has 1 atom stereocenters. The van der Waals surface area contributed by atoms with E-state index < -0.39 is 0 Å². The third kappa shape index (κ3) is 4.83. The highest BCUT2D eigenvalue weighted by atomic mass is 79.9. The van der Waals surface area contributed by atoms with E-state index in [1.807, 2.05) is 23.5 Å². The van der Waals surface area contributed by atoms with E-state index in [9.17, 15) is 0 Å². The molecule has 0 aliphatic heterocycles. The summed E-state index contributed by atoms with van der Waals surface area (Å²) >= 11 is 5.32. The Labute approximate surface area is 138 Å². The van der Waals surface area contributed by atoms with E-state index in [1.54, 1.807) is 6.33 Å². The monoisotopic (exact) mass is 368 g/mol. The first-order valence-electron chi connectivity index (χ1n) is 7.04. The molecule has 6 heteroatoms. The number of halogens is 1. The lowest BCUT2D eigenvalue weighted by atomic mass is 10.2. The molecule has 0 saturated heterocycles. The fourth-order valence-corrected chi connectivity index (χ4v) is 3.31. The maximum absolute atomic E-state index is 4.39. The summed E-state index contributed by atoms with van der Waals surface area (Å²) in [5, 5.41) is 7.67. The minimum Gasteiger partial charge on any atom is -0.316 e. The average molecular weight is 369 g/mol. The number of rotatable bonds is 7. The maximum Gasteiger partial charge on any atom is 0.138 e. The van der Waals surface area contributed by atoms with Crippen LogP contribution in [0.2, 0.25) is 0 Å². The van der Waals surface area contributed by atoms with E-state index in [2.05, 4.69) is 69.4 Å². The number of likely N-dealkylation sites (N-methyl/N-ethyl adjacent to an activating group) is 1. The van der Waals surface area contributed by atoms with E-state index in [4.69, 9.17) is 0 Å². The first-order valence-corrected chi connectivity index (χ1v) is 8.82. The van der Waals surface area contributed by atoms with E-state index in [0.717, 1.165) is 22.5 Å². The number of aromatic nitrogens is 3. The molecule has 1 N–H and O–H groups in total. The van der Waals surface area contributed by atoms with Gasteiger partial charge in [-0.3, -0.25) is 0 Å². The lowest BCUT2D eigenvalue weighted by Crippen LogP contribution is -2.31. The Morgan fingerprint density at radius 3 is 2.62 bits per heavy atom. The van der Waals surface area contributed by atoms with Crippen molar-refractivity contribution in [1.82, 2.24) is 20.1 Å². The van der Waals surface area contributed by atoms with E-state index >= 15 is 0 Å². The molecule has 0 fully saturated rings. The van der Waals surface area contributed by atoms with Crippen LogP contribution >= 0.6 is 27.7 Å². The molecule has 1 heterocycles. The number of hydrogen-bond donors (Lipinski definition) is 1. The van der Waals surface area contributed by atoms with Crippen LogP contribution in [-0.4, -0.2) is 33.6 Å². The van der Waals surface area contributed by atoms with Crippen molar-refractivity contribution in [1.29, 1.82) is 0 Å². The van der Waals surface area contributed by atoms with Gasteiger partial charge in [0.05, 0.1) is 0 Å². The number of hydrogen-bond acceptors (Lipinski definition) is 4. The molecule has 1 aromatic carbocycles. The molecule has 114 valence electrons. The fourth-order valence-electron chi connectivity index (χ4n) is 2.04. The Hall–Kier alpha value is -0.850. The Morgan fingerprint density at radius 2 is 2.00 bits per heavy atom. The van der Waals surface area contributed by atoms with E-state index in [0.29, 0.717) is 12.1 Å². The SMILES string of the molecule is CNC(CSc1ccc(Br)cc1)Cc1ncnn1C(C)C. The van der Waals surface area contributed by atoms with Gasteiger partial charge in [-0.2, -0.15) is 5.10 Å². The van der Waals surface area contributed by atoms with E-state index in [-0.39, 0.29) is 0 Å². The summed E-state index contributed by atoms with van der Waals surface area (Å²) in [7, 11) is 2.00. The standard InChI is InChI=1S/C15H21BrN4S/c1-11(2)20-15(18-10-19-20)8-13(17-3)9-21-14-6-4-12(16)5-7-14/h4-7,10-11,13,17H,8-9H2,1-3H3. The van der Waals surface area contributed by atoms with Crippen molar-refractivity contribution in [3.8, 4) is 0 Å². The molecule has 4 nitrogen and oxygen atoms in total. The third-order valence-corrected chi connectivity index (χ3v) is 4.94. The zero-order chi connectivity index (χ0) is 15.2. The zero-order valence-electron chi connectivity index (χ0n) is 12.6. The highest BCUT2D eigenvalue weighted by molar-refractivity contribution is 9.10. The van der Waals surface area contributed by atoms with Gasteiger partial charge in [0.1, 0.15) is 12.2 Å². The van der Waals surface area contributed by atoms with Crippen molar-refractivity contribution in [3.05, 3.63) is 40.9 Å². The van der Waals surface area contributed by atoms with Crippen molar-refractivity contribution in [2.75, 3.05) is 12.8 Å². The highest BCUT2D eigenvalue weighted by Gasteiger charge is 2.14. The average Bonchev–Trinajstić information content (AvgIpc) is 2.93. The lowest BCUT2D eigenvalue weighted by Gasteiger charge is -2.17. The number of nitrogens with one attached hydrogen (secondary N) is 1. The van der Waals surface area contributed by atoms with Gasteiger partial charge in [-0.05, 0) is 45.2 Å².